The minimum absolute atomic E-state index is 0.132. The summed E-state index contributed by atoms with van der Waals surface area (Å²) in [6.45, 7) is 6.56. The van der Waals surface area contributed by atoms with E-state index in [-0.39, 0.29) is 11.9 Å². The van der Waals surface area contributed by atoms with Crippen molar-refractivity contribution in [3.05, 3.63) is 53.5 Å². The highest BCUT2D eigenvalue weighted by atomic mass is 16.1. The largest absolute Gasteiger partial charge is 0.370 e. The third kappa shape index (κ3) is 5.36. The number of amides is 1. The summed E-state index contributed by atoms with van der Waals surface area (Å²) in [7, 11) is 0. The van der Waals surface area contributed by atoms with Crippen molar-refractivity contribution in [1.82, 2.24) is 15.3 Å². The lowest BCUT2D eigenvalue weighted by atomic mass is 10.1. The molecule has 0 aliphatic heterocycles. The third-order valence-corrected chi connectivity index (χ3v) is 3.62. The number of nitrogens with one attached hydrogen (secondary N) is 2. The van der Waals surface area contributed by atoms with Crippen LogP contribution in [0.15, 0.2) is 36.4 Å². The molecule has 122 valence electrons. The van der Waals surface area contributed by atoms with Crippen LogP contribution in [0.5, 0.6) is 0 Å². The van der Waals surface area contributed by atoms with Gasteiger partial charge in [-0.1, -0.05) is 37.3 Å². The van der Waals surface area contributed by atoms with Crippen LogP contribution < -0.4 is 10.6 Å². The van der Waals surface area contributed by atoms with E-state index in [2.05, 4.69) is 32.7 Å². The number of carbonyl (C=O) groups is 1. The number of hydrogen-bond acceptors (Lipinski definition) is 4. The van der Waals surface area contributed by atoms with Crippen molar-refractivity contribution in [2.24, 2.45) is 0 Å². The first-order valence-electron chi connectivity index (χ1n) is 8.03. The molecule has 1 amide bonds. The zero-order valence-electron chi connectivity index (χ0n) is 14.0. The van der Waals surface area contributed by atoms with Gasteiger partial charge in [-0.3, -0.25) is 4.79 Å². The van der Waals surface area contributed by atoms with Crippen molar-refractivity contribution in [3.8, 4) is 0 Å². The van der Waals surface area contributed by atoms with Gasteiger partial charge in [-0.05, 0) is 32.3 Å². The van der Waals surface area contributed by atoms with Crippen LogP contribution in [0.2, 0.25) is 0 Å². The topological polar surface area (TPSA) is 66.9 Å². The highest BCUT2D eigenvalue weighted by Crippen LogP contribution is 2.08. The average Bonchev–Trinajstić information content (AvgIpc) is 2.55. The quantitative estimate of drug-likeness (QED) is 0.825. The minimum atomic E-state index is -0.157. The first-order valence-corrected chi connectivity index (χ1v) is 8.03. The number of rotatable bonds is 7. The van der Waals surface area contributed by atoms with Gasteiger partial charge in [-0.2, -0.15) is 0 Å². The number of aromatic nitrogens is 2. The molecule has 0 fully saturated rings. The van der Waals surface area contributed by atoms with Gasteiger partial charge in [0.1, 0.15) is 17.3 Å². The number of nitrogens with zero attached hydrogens (tertiary/aromatic N) is 2. The molecule has 0 radical (unpaired) electrons. The molecule has 0 aliphatic carbocycles. The van der Waals surface area contributed by atoms with Gasteiger partial charge in [0.15, 0.2) is 0 Å². The summed E-state index contributed by atoms with van der Waals surface area (Å²) >= 11 is 0. The molecule has 1 heterocycles. The number of hydrogen-bond donors (Lipinski definition) is 2. The second-order valence-electron chi connectivity index (χ2n) is 5.63. The summed E-state index contributed by atoms with van der Waals surface area (Å²) in [5.74, 6) is 1.11. The molecule has 0 spiro atoms. The Morgan fingerprint density at radius 1 is 1.22 bits per heavy atom. The van der Waals surface area contributed by atoms with Crippen LogP contribution in [0.25, 0.3) is 0 Å². The van der Waals surface area contributed by atoms with Gasteiger partial charge in [0.2, 0.25) is 0 Å². The standard InChI is InChI=1S/C18H24N4O/c1-4-13(2)20-18(23)16-12-17(22-14(3)21-16)19-11-10-15-8-6-5-7-9-15/h5-9,12-13H,4,10-11H2,1-3H3,(H,20,23)(H,19,21,22). The Labute approximate surface area is 137 Å². The molecule has 2 N–H and O–H groups in total. The molecule has 2 rings (SSSR count). The van der Waals surface area contributed by atoms with Crippen molar-refractivity contribution < 1.29 is 4.79 Å². The predicted molar refractivity (Wildman–Crippen MR) is 92.6 cm³/mol. The lowest BCUT2D eigenvalue weighted by Gasteiger charge is -2.12. The van der Waals surface area contributed by atoms with E-state index in [0.29, 0.717) is 17.3 Å². The van der Waals surface area contributed by atoms with E-state index in [0.717, 1.165) is 19.4 Å². The van der Waals surface area contributed by atoms with E-state index in [1.165, 1.54) is 5.56 Å². The normalized spacial score (nSPS) is 11.8. The molecule has 0 saturated heterocycles. The fourth-order valence-electron chi connectivity index (χ4n) is 2.15. The maximum Gasteiger partial charge on any atom is 0.270 e. The molecule has 1 aromatic carbocycles. The Kier molecular flexibility index (Phi) is 6.09. The zero-order valence-corrected chi connectivity index (χ0v) is 14.0. The lowest BCUT2D eigenvalue weighted by molar-refractivity contribution is 0.0934. The van der Waals surface area contributed by atoms with Crippen LogP contribution in [0, 0.1) is 6.92 Å². The molecule has 2 aromatic rings. The lowest BCUT2D eigenvalue weighted by Crippen LogP contribution is -2.32. The first kappa shape index (κ1) is 16.9. The third-order valence-electron chi connectivity index (χ3n) is 3.62. The minimum Gasteiger partial charge on any atom is -0.370 e. The fourth-order valence-corrected chi connectivity index (χ4v) is 2.15. The molecule has 0 aliphatic rings. The Balaban J connectivity index is 1.98. The van der Waals surface area contributed by atoms with Crippen LogP contribution in [0.1, 0.15) is 42.1 Å². The molecular formula is C18H24N4O. The van der Waals surface area contributed by atoms with E-state index in [1.807, 2.05) is 32.0 Å². The van der Waals surface area contributed by atoms with Gasteiger partial charge in [0.25, 0.3) is 5.91 Å². The Morgan fingerprint density at radius 2 is 1.96 bits per heavy atom. The van der Waals surface area contributed by atoms with Crippen LogP contribution >= 0.6 is 0 Å². The van der Waals surface area contributed by atoms with Crippen molar-refractivity contribution in [1.29, 1.82) is 0 Å². The van der Waals surface area contributed by atoms with E-state index < -0.39 is 0 Å². The van der Waals surface area contributed by atoms with Crippen molar-refractivity contribution in [3.63, 3.8) is 0 Å². The van der Waals surface area contributed by atoms with E-state index in [4.69, 9.17) is 0 Å². The van der Waals surface area contributed by atoms with Gasteiger partial charge < -0.3 is 10.6 Å². The molecular weight excluding hydrogens is 288 g/mol. The summed E-state index contributed by atoms with van der Waals surface area (Å²) in [6, 6.07) is 12.1. The van der Waals surface area contributed by atoms with Gasteiger partial charge in [0, 0.05) is 18.7 Å². The second-order valence-corrected chi connectivity index (χ2v) is 5.63. The average molecular weight is 312 g/mol. The summed E-state index contributed by atoms with van der Waals surface area (Å²) in [5.41, 5.74) is 1.67. The molecule has 0 bridgehead atoms. The molecule has 5 heteroatoms. The Bertz CT molecular complexity index is 643. The highest BCUT2D eigenvalue weighted by Gasteiger charge is 2.12. The van der Waals surface area contributed by atoms with E-state index in [1.54, 1.807) is 13.0 Å². The van der Waals surface area contributed by atoms with Crippen molar-refractivity contribution in [2.45, 2.75) is 39.7 Å². The molecule has 5 nitrogen and oxygen atoms in total. The fraction of sp³-hybridized carbons (Fsp3) is 0.389. The van der Waals surface area contributed by atoms with Gasteiger partial charge in [0.05, 0.1) is 0 Å². The molecule has 1 unspecified atom stereocenters. The first-order chi connectivity index (χ1) is 11.1. The molecule has 23 heavy (non-hydrogen) atoms. The summed E-state index contributed by atoms with van der Waals surface area (Å²) in [5, 5.41) is 6.19. The Morgan fingerprint density at radius 3 is 2.65 bits per heavy atom. The zero-order chi connectivity index (χ0) is 16.7. The predicted octanol–water partition coefficient (Wildman–Crippen LogP) is 2.97. The monoisotopic (exact) mass is 312 g/mol. The molecule has 1 aromatic heterocycles. The van der Waals surface area contributed by atoms with Crippen LogP contribution in [0.4, 0.5) is 5.82 Å². The van der Waals surface area contributed by atoms with Crippen molar-refractivity contribution >= 4 is 11.7 Å². The van der Waals surface area contributed by atoms with Crippen LogP contribution in [-0.4, -0.2) is 28.5 Å². The summed E-state index contributed by atoms with van der Waals surface area (Å²) < 4.78 is 0. The van der Waals surface area contributed by atoms with Crippen LogP contribution in [-0.2, 0) is 6.42 Å². The smallest absolute Gasteiger partial charge is 0.270 e. The van der Waals surface area contributed by atoms with E-state index >= 15 is 0 Å². The Hall–Kier alpha value is -2.43. The maximum absolute atomic E-state index is 12.2. The van der Waals surface area contributed by atoms with Gasteiger partial charge in [-0.15, -0.1) is 0 Å². The van der Waals surface area contributed by atoms with Crippen LogP contribution in [0.3, 0.4) is 0 Å². The summed E-state index contributed by atoms with van der Waals surface area (Å²) in [6.07, 6.45) is 1.79. The molecule has 1 atom stereocenters. The molecule has 0 saturated carbocycles. The van der Waals surface area contributed by atoms with Crippen molar-refractivity contribution in [2.75, 3.05) is 11.9 Å². The van der Waals surface area contributed by atoms with E-state index in [9.17, 15) is 4.79 Å². The SMILES string of the molecule is CCC(C)NC(=O)c1cc(NCCc2ccccc2)nc(C)n1. The maximum atomic E-state index is 12.2. The number of carbonyl (C=O) groups excluding carboxylic acids is 1. The number of anilines is 1. The second kappa shape index (κ2) is 8.27. The number of benzene rings is 1. The van der Waals surface area contributed by atoms with Gasteiger partial charge in [-0.25, -0.2) is 9.97 Å². The highest BCUT2D eigenvalue weighted by molar-refractivity contribution is 5.93. The van der Waals surface area contributed by atoms with Gasteiger partial charge >= 0.3 is 0 Å². The summed E-state index contributed by atoms with van der Waals surface area (Å²) in [4.78, 5) is 20.8. The number of aryl methyl sites for hydroxylation is 1.